The van der Waals surface area contributed by atoms with E-state index in [1.54, 1.807) is 0 Å². The van der Waals surface area contributed by atoms with Crippen molar-refractivity contribution in [1.82, 2.24) is 0 Å². The minimum atomic E-state index is -1.14. The second kappa shape index (κ2) is 6.68. The molecule has 0 saturated carbocycles. The third-order valence-electron chi connectivity index (χ3n) is 2.28. The van der Waals surface area contributed by atoms with Crippen molar-refractivity contribution in [3.05, 3.63) is 35.7 Å². The lowest BCUT2D eigenvalue weighted by molar-refractivity contribution is -0.131. The largest absolute Gasteiger partial charge is 0.478 e. The van der Waals surface area contributed by atoms with E-state index >= 15 is 0 Å². The number of carbonyl (C=O) groups excluding carboxylic acids is 1. The number of halogens is 1. The van der Waals surface area contributed by atoms with E-state index in [1.807, 2.05) is 13.8 Å². The highest BCUT2D eigenvalue weighted by Gasteiger charge is 2.07. The highest BCUT2D eigenvalue weighted by molar-refractivity contribution is 5.91. The Kier molecular flexibility index (Phi) is 5.23. The average Bonchev–Trinajstić information content (AvgIpc) is 2.26. The van der Waals surface area contributed by atoms with Crippen molar-refractivity contribution in [2.75, 3.05) is 5.32 Å². The summed E-state index contributed by atoms with van der Waals surface area (Å²) in [4.78, 5) is 21.8. The van der Waals surface area contributed by atoms with Crippen LogP contribution in [0.2, 0.25) is 0 Å². The number of amides is 1. The number of hydrogen-bond donors (Lipinski definition) is 2. The number of carboxylic acids is 1. The standard InChI is InChI=1S/C14H16FNO3/c1-9(2)7-13(17)16-11-5-3-10(12(15)8-11)4-6-14(18)19/h3-6,8-9H,7H2,1-2H3,(H,16,17)(H,18,19). The number of rotatable bonds is 5. The molecule has 1 aromatic rings. The Morgan fingerprint density at radius 2 is 2.11 bits per heavy atom. The number of aliphatic carboxylic acids is 1. The molecule has 0 aliphatic heterocycles. The second-order valence-corrected chi connectivity index (χ2v) is 4.55. The van der Waals surface area contributed by atoms with Crippen LogP contribution in [0.5, 0.6) is 0 Å². The first-order valence-electron chi connectivity index (χ1n) is 5.89. The van der Waals surface area contributed by atoms with Gasteiger partial charge in [0.05, 0.1) is 0 Å². The molecule has 0 aliphatic carbocycles. The number of benzene rings is 1. The molecular formula is C14H16FNO3. The van der Waals surface area contributed by atoms with Crippen LogP contribution in [0.3, 0.4) is 0 Å². The van der Waals surface area contributed by atoms with E-state index in [2.05, 4.69) is 5.32 Å². The van der Waals surface area contributed by atoms with Gasteiger partial charge in [-0.3, -0.25) is 4.79 Å². The molecule has 0 spiro atoms. The molecule has 19 heavy (non-hydrogen) atoms. The Bertz CT molecular complexity index is 509. The number of hydrogen-bond acceptors (Lipinski definition) is 2. The van der Waals surface area contributed by atoms with Crippen LogP contribution in [0.1, 0.15) is 25.8 Å². The van der Waals surface area contributed by atoms with Gasteiger partial charge in [-0.1, -0.05) is 13.8 Å². The van der Waals surface area contributed by atoms with Crippen LogP contribution in [0.4, 0.5) is 10.1 Å². The molecule has 0 radical (unpaired) electrons. The fourth-order valence-electron chi connectivity index (χ4n) is 1.48. The molecule has 0 fully saturated rings. The molecule has 0 heterocycles. The van der Waals surface area contributed by atoms with E-state index in [0.717, 1.165) is 12.2 Å². The van der Waals surface area contributed by atoms with Crippen LogP contribution < -0.4 is 5.32 Å². The van der Waals surface area contributed by atoms with E-state index in [0.29, 0.717) is 12.1 Å². The number of carbonyl (C=O) groups is 2. The Morgan fingerprint density at radius 1 is 1.42 bits per heavy atom. The van der Waals surface area contributed by atoms with Crippen LogP contribution in [-0.2, 0) is 9.59 Å². The van der Waals surface area contributed by atoms with Crippen molar-refractivity contribution in [2.45, 2.75) is 20.3 Å². The number of anilines is 1. The second-order valence-electron chi connectivity index (χ2n) is 4.55. The van der Waals surface area contributed by atoms with E-state index in [4.69, 9.17) is 5.11 Å². The molecular weight excluding hydrogens is 249 g/mol. The molecule has 0 aliphatic rings. The zero-order valence-electron chi connectivity index (χ0n) is 10.8. The summed E-state index contributed by atoms with van der Waals surface area (Å²) in [6.07, 6.45) is 2.38. The maximum atomic E-state index is 13.6. The van der Waals surface area contributed by atoms with Gasteiger partial charge >= 0.3 is 5.97 Å². The van der Waals surface area contributed by atoms with Gasteiger partial charge in [-0.15, -0.1) is 0 Å². The summed E-state index contributed by atoms with van der Waals surface area (Å²) in [5.41, 5.74) is 0.514. The summed E-state index contributed by atoms with van der Waals surface area (Å²) in [6, 6.07) is 4.11. The lowest BCUT2D eigenvalue weighted by Crippen LogP contribution is -2.13. The summed E-state index contributed by atoms with van der Waals surface area (Å²) in [5, 5.41) is 11.0. The summed E-state index contributed by atoms with van der Waals surface area (Å²) < 4.78 is 13.6. The van der Waals surface area contributed by atoms with Crippen molar-refractivity contribution < 1.29 is 19.1 Å². The first-order valence-corrected chi connectivity index (χ1v) is 5.89. The highest BCUT2D eigenvalue weighted by Crippen LogP contribution is 2.16. The summed E-state index contributed by atoms with van der Waals surface area (Å²) in [7, 11) is 0. The molecule has 102 valence electrons. The van der Waals surface area contributed by atoms with E-state index in [-0.39, 0.29) is 17.4 Å². The lowest BCUT2D eigenvalue weighted by Gasteiger charge is -2.08. The van der Waals surface area contributed by atoms with Crippen molar-refractivity contribution in [2.24, 2.45) is 5.92 Å². The minimum Gasteiger partial charge on any atom is -0.478 e. The van der Waals surface area contributed by atoms with E-state index in [9.17, 15) is 14.0 Å². The average molecular weight is 265 g/mol. The zero-order chi connectivity index (χ0) is 14.4. The van der Waals surface area contributed by atoms with Crippen molar-refractivity contribution in [1.29, 1.82) is 0 Å². The quantitative estimate of drug-likeness (QED) is 0.804. The lowest BCUT2D eigenvalue weighted by atomic mass is 10.1. The fourth-order valence-corrected chi connectivity index (χ4v) is 1.48. The first-order chi connectivity index (χ1) is 8.88. The van der Waals surface area contributed by atoms with Gasteiger partial charge in [-0.25, -0.2) is 9.18 Å². The van der Waals surface area contributed by atoms with E-state index < -0.39 is 11.8 Å². The maximum Gasteiger partial charge on any atom is 0.328 e. The molecule has 2 N–H and O–H groups in total. The summed E-state index contributed by atoms with van der Waals surface area (Å²) in [6.45, 7) is 3.83. The van der Waals surface area contributed by atoms with Gasteiger partial charge in [-0.05, 0) is 30.2 Å². The molecule has 5 heteroatoms. The predicted octanol–water partition coefficient (Wildman–Crippen LogP) is 2.91. The van der Waals surface area contributed by atoms with E-state index in [1.165, 1.54) is 18.2 Å². The monoisotopic (exact) mass is 265 g/mol. The van der Waals surface area contributed by atoms with Crippen LogP contribution in [0, 0.1) is 11.7 Å². The van der Waals surface area contributed by atoms with Crippen LogP contribution >= 0.6 is 0 Å². The van der Waals surface area contributed by atoms with Gasteiger partial charge < -0.3 is 10.4 Å². The van der Waals surface area contributed by atoms with Gasteiger partial charge in [-0.2, -0.15) is 0 Å². The Hall–Kier alpha value is -2.17. The van der Waals surface area contributed by atoms with Crippen LogP contribution in [-0.4, -0.2) is 17.0 Å². The zero-order valence-corrected chi connectivity index (χ0v) is 10.8. The van der Waals surface area contributed by atoms with Crippen LogP contribution in [0.25, 0.3) is 6.08 Å². The van der Waals surface area contributed by atoms with Crippen molar-refractivity contribution in [3.8, 4) is 0 Å². The normalized spacial score (nSPS) is 10.9. The molecule has 1 rings (SSSR count). The van der Waals surface area contributed by atoms with Gasteiger partial charge in [0, 0.05) is 23.7 Å². The first kappa shape index (κ1) is 14.9. The molecule has 0 atom stereocenters. The van der Waals surface area contributed by atoms with Gasteiger partial charge in [0.2, 0.25) is 5.91 Å². The molecule has 1 amide bonds. The predicted molar refractivity (Wildman–Crippen MR) is 71.2 cm³/mol. The van der Waals surface area contributed by atoms with Gasteiger partial charge in [0.25, 0.3) is 0 Å². The molecule has 4 nitrogen and oxygen atoms in total. The molecule has 0 unspecified atom stereocenters. The van der Waals surface area contributed by atoms with Gasteiger partial charge in [0.15, 0.2) is 0 Å². The van der Waals surface area contributed by atoms with Crippen molar-refractivity contribution in [3.63, 3.8) is 0 Å². The number of nitrogens with one attached hydrogen (secondary N) is 1. The Balaban J connectivity index is 2.77. The smallest absolute Gasteiger partial charge is 0.328 e. The van der Waals surface area contributed by atoms with Crippen molar-refractivity contribution >= 4 is 23.6 Å². The third kappa shape index (κ3) is 5.33. The third-order valence-corrected chi connectivity index (χ3v) is 2.28. The Labute approximate surface area is 110 Å². The molecule has 1 aromatic carbocycles. The highest BCUT2D eigenvalue weighted by atomic mass is 19.1. The maximum absolute atomic E-state index is 13.6. The SMILES string of the molecule is CC(C)CC(=O)Nc1ccc(C=CC(=O)O)c(F)c1. The fraction of sp³-hybridized carbons (Fsp3) is 0.286. The summed E-state index contributed by atoms with van der Waals surface area (Å²) in [5.74, 6) is -1.68. The molecule has 0 aromatic heterocycles. The van der Waals surface area contributed by atoms with Crippen LogP contribution in [0.15, 0.2) is 24.3 Å². The molecule has 0 saturated heterocycles. The minimum absolute atomic E-state index is 0.157. The molecule has 0 bridgehead atoms. The number of carboxylic acid groups (broad SMARTS) is 1. The Morgan fingerprint density at radius 3 is 2.63 bits per heavy atom. The topological polar surface area (TPSA) is 66.4 Å². The van der Waals surface area contributed by atoms with Gasteiger partial charge in [0.1, 0.15) is 5.82 Å². The summed E-state index contributed by atoms with van der Waals surface area (Å²) >= 11 is 0.